The molecule has 0 saturated carbocycles. The van der Waals surface area contributed by atoms with Crippen molar-refractivity contribution in [3.8, 4) is 0 Å². The minimum atomic E-state index is -1.28. The Balaban J connectivity index is 2.80. The van der Waals surface area contributed by atoms with E-state index in [-0.39, 0.29) is 12.0 Å². The van der Waals surface area contributed by atoms with Gasteiger partial charge in [0, 0.05) is 5.92 Å². The van der Waals surface area contributed by atoms with Gasteiger partial charge in [-0.2, -0.15) is 0 Å². The van der Waals surface area contributed by atoms with Crippen molar-refractivity contribution in [2.45, 2.75) is 38.9 Å². The molecule has 0 spiro atoms. The molecule has 1 rings (SSSR count). The van der Waals surface area contributed by atoms with Crippen LogP contribution in [0.25, 0.3) is 0 Å². The average Bonchev–Trinajstić information content (AvgIpc) is 2.14. The summed E-state index contributed by atoms with van der Waals surface area (Å²) in [5.41, 5.74) is -1.28. The first-order valence-electron chi connectivity index (χ1n) is 3.93. The van der Waals surface area contributed by atoms with Crippen LogP contribution in [0.5, 0.6) is 0 Å². The van der Waals surface area contributed by atoms with E-state index in [1.807, 2.05) is 13.8 Å². The summed E-state index contributed by atoms with van der Waals surface area (Å²) in [4.78, 5) is 11.0. The second kappa shape index (κ2) is 2.48. The van der Waals surface area contributed by atoms with E-state index in [4.69, 9.17) is 4.74 Å². The van der Waals surface area contributed by atoms with Crippen LogP contribution in [0.2, 0.25) is 0 Å². The van der Waals surface area contributed by atoms with Gasteiger partial charge >= 0.3 is 5.97 Å². The van der Waals surface area contributed by atoms with Gasteiger partial charge in [-0.15, -0.1) is 0 Å². The standard InChI is InChI=1S/C8H14O3/c1-4-6-5(2)8(3,10)7(9)11-6/h5-6,10H,4H2,1-3H3/t5-,6-,8-/m1/s1. The molecule has 0 aromatic rings. The lowest BCUT2D eigenvalue weighted by Crippen LogP contribution is -2.36. The van der Waals surface area contributed by atoms with E-state index in [0.29, 0.717) is 0 Å². The Labute approximate surface area is 66.4 Å². The Morgan fingerprint density at radius 1 is 1.73 bits per heavy atom. The van der Waals surface area contributed by atoms with Crippen LogP contribution in [0.15, 0.2) is 0 Å². The minimum Gasteiger partial charge on any atom is -0.460 e. The van der Waals surface area contributed by atoms with Crippen LogP contribution in [-0.2, 0) is 9.53 Å². The third-order valence-corrected chi connectivity index (χ3v) is 2.52. The van der Waals surface area contributed by atoms with Gasteiger partial charge in [-0.3, -0.25) is 0 Å². The second-order valence-corrected chi connectivity index (χ2v) is 3.29. The number of hydrogen-bond acceptors (Lipinski definition) is 3. The van der Waals surface area contributed by atoms with Gasteiger partial charge < -0.3 is 9.84 Å². The zero-order chi connectivity index (χ0) is 8.65. The highest BCUT2D eigenvalue weighted by atomic mass is 16.6. The number of carbonyl (C=O) groups is 1. The Morgan fingerprint density at radius 2 is 2.27 bits per heavy atom. The highest BCUT2D eigenvalue weighted by Crippen LogP contribution is 2.32. The summed E-state index contributed by atoms with van der Waals surface area (Å²) in [6.07, 6.45) is 0.653. The van der Waals surface area contributed by atoms with Gasteiger partial charge in [-0.05, 0) is 13.3 Å². The highest BCUT2D eigenvalue weighted by molar-refractivity contribution is 5.81. The van der Waals surface area contributed by atoms with Crippen molar-refractivity contribution in [2.75, 3.05) is 0 Å². The monoisotopic (exact) mass is 158 g/mol. The maximum atomic E-state index is 11.0. The molecule has 0 aliphatic carbocycles. The first-order chi connectivity index (χ1) is 5.00. The zero-order valence-corrected chi connectivity index (χ0v) is 7.13. The van der Waals surface area contributed by atoms with Crippen LogP contribution >= 0.6 is 0 Å². The van der Waals surface area contributed by atoms with E-state index in [0.717, 1.165) is 6.42 Å². The van der Waals surface area contributed by atoms with Crippen LogP contribution in [-0.4, -0.2) is 22.8 Å². The molecular weight excluding hydrogens is 144 g/mol. The van der Waals surface area contributed by atoms with E-state index < -0.39 is 11.6 Å². The van der Waals surface area contributed by atoms with Gasteiger partial charge in [0.05, 0.1) is 0 Å². The van der Waals surface area contributed by atoms with Gasteiger partial charge in [-0.1, -0.05) is 13.8 Å². The molecule has 1 fully saturated rings. The molecule has 1 aliphatic heterocycles. The second-order valence-electron chi connectivity index (χ2n) is 3.29. The molecule has 1 N–H and O–H groups in total. The Kier molecular flexibility index (Phi) is 1.92. The summed E-state index contributed by atoms with van der Waals surface area (Å²) in [5.74, 6) is -0.586. The van der Waals surface area contributed by atoms with Crippen LogP contribution < -0.4 is 0 Å². The molecule has 64 valence electrons. The van der Waals surface area contributed by atoms with Crippen molar-refractivity contribution in [1.29, 1.82) is 0 Å². The number of esters is 1. The van der Waals surface area contributed by atoms with E-state index in [1.165, 1.54) is 6.92 Å². The smallest absolute Gasteiger partial charge is 0.338 e. The molecule has 3 atom stereocenters. The largest absolute Gasteiger partial charge is 0.460 e. The van der Waals surface area contributed by atoms with Crippen LogP contribution in [0.4, 0.5) is 0 Å². The van der Waals surface area contributed by atoms with Crippen LogP contribution in [0, 0.1) is 5.92 Å². The lowest BCUT2D eigenvalue weighted by molar-refractivity contribution is -0.154. The van der Waals surface area contributed by atoms with E-state index in [1.54, 1.807) is 0 Å². The highest BCUT2D eigenvalue weighted by Gasteiger charge is 2.49. The normalized spacial score (nSPS) is 44.2. The topological polar surface area (TPSA) is 46.5 Å². The molecule has 1 aliphatic rings. The van der Waals surface area contributed by atoms with Crippen molar-refractivity contribution in [2.24, 2.45) is 5.92 Å². The fourth-order valence-corrected chi connectivity index (χ4v) is 1.34. The summed E-state index contributed by atoms with van der Waals surface area (Å²) in [7, 11) is 0. The molecule has 0 aromatic heterocycles. The molecular formula is C8H14O3. The summed E-state index contributed by atoms with van der Waals surface area (Å²) in [5, 5.41) is 9.56. The van der Waals surface area contributed by atoms with Crippen molar-refractivity contribution in [3.05, 3.63) is 0 Å². The van der Waals surface area contributed by atoms with E-state index in [9.17, 15) is 9.90 Å². The number of aliphatic hydroxyl groups is 1. The Morgan fingerprint density at radius 3 is 2.45 bits per heavy atom. The van der Waals surface area contributed by atoms with Crippen molar-refractivity contribution in [3.63, 3.8) is 0 Å². The Bertz CT molecular complexity index is 174. The Hall–Kier alpha value is -0.570. The van der Waals surface area contributed by atoms with Crippen molar-refractivity contribution in [1.82, 2.24) is 0 Å². The third-order valence-electron chi connectivity index (χ3n) is 2.52. The lowest BCUT2D eigenvalue weighted by atomic mass is 9.88. The maximum Gasteiger partial charge on any atom is 0.338 e. The molecule has 0 aromatic carbocycles. The molecule has 11 heavy (non-hydrogen) atoms. The van der Waals surface area contributed by atoms with Gasteiger partial charge in [0.1, 0.15) is 6.10 Å². The number of rotatable bonds is 1. The van der Waals surface area contributed by atoms with Crippen LogP contribution in [0.3, 0.4) is 0 Å². The first kappa shape index (κ1) is 8.53. The molecule has 1 heterocycles. The predicted molar refractivity (Wildman–Crippen MR) is 40.0 cm³/mol. The fraction of sp³-hybridized carbons (Fsp3) is 0.875. The quantitative estimate of drug-likeness (QED) is 0.572. The molecule has 3 heteroatoms. The fourth-order valence-electron chi connectivity index (χ4n) is 1.34. The van der Waals surface area contributed by atoms with Gasteiger partial charge in [0.25, 0.3) is 0 Å². The summed E-state index contributed by atoms with van der Waals surface area (Å²) in [6.45, 7) is 5.28. The van der Waals surface area contributed by atoms with E-state index >= 15 is 0 Å². The number of hydrogen-bond donors (Lipinski definition) is 1. The maximum absolute atomic E-state index is 11.0. The predicted octanol–water partition coefficient (Wildman–Crippen LogP) is 0.709. The number of ether oxygens (including phenoxy) is 1. The van der Waals surface area contributed by atoms with E-state index in [2.05, 4.69) is 0 Å². The number of carbonyl (C=O) groups excluding carboxylic acids is 1. The summed E-state index contributed by atoms with van der Waals surface area (Å²) in [6, 6.07) is 0. The third kappa shape index (κ3) is 1.13. The van der Waals surface area contributed by atoms with Gasteiger partial charge in [0.2, 0.25) is 0 Å². The SMILES string of the molecule is CC[C@H]1OC(=O)[C@](C)(O)[C@@H]1C. The summed E-state index contributed by atoms with van der Waals surface area (Å²) >= 11 is 0. The molecule has 0 radical (unpaired) electrons. The lowest BCUT2D eigenvalue weighted by Gasteiger charge is -2.18. The molecule has 0 unspecified atom stereocenters. The molecule has 1 saturated heterocycles. The molecule has 0 bridgehead atoms. The first-order valence-corrected chi connectivity index (χ1v) is 3.93. The minimum absolute atomic E-state index is 0.0972. The van der Waals surface area contributed by atoms with Gasteiger partial charge in [0.15, 0.2) is 5.60 Å². The number of cyclic esters (lactones) is 1. The molecule has 3 nitrogen and oxygen atoms in total. The van der Waals surface area contributed by atoms with Crippen LogP contribution in [0.1, 0.15) is 27.2 Å². The zero-order valence-electron chi connectivity index (χ0n) is 7.13. The van der Waals surface area contributed by atoms with Crippen molar-refractivity contribution < 1.29 is 14.6 Å². The summed E-state index contributed by atoms with van der Waals surface area (Å²) < 4.78 is 4.95. The molecule has 0 amide bonds. The average molecular weight is 158 g/mol. The van der Waals surface area contributed by atoms with Gasteiger partial charge in [-0.25, -0.2) is 4.79 Å². The van der Waals surface area contributed by atoms with Crippen molar-refractivity contribution >= 4 is 5.97 Å².